The summed E-state index contributed by atoms with van der Waals surface area (Å²) in [4.78, 5) is 14.0. The topological polar surface area (TPSA) is 38.8 Å². The number of hydrogen-bond donors (Lipinski definition) is 0. The first-order valence-electron chi connectivity index (χ1n) is 6.47. The Labute approximate surface area is 135 Å². The molecule has 0 aliphatic carbocycles. The highest BCUT2D eigenvalue weighted by molar-refractivity contribution is 9.11. The molecular formula is C14H17Br2NO3. The average molecular weight is 407 g/mol. The number of amides is 1. The van der Waals surface area contributed by atoms with Crippen LogP contribution in [0.4, 0.5) is 0 Å². The van der Waals surface area contributed by atoms with Crippen molar-refractivity contribution in [2.75, 3.05) is 19.7 Å². The smallest absolute Gasteiger partial charge is 0.260 e. The first-order chi connectivity index (χ1) is 9.45. The summed E-state index contributed by atoms with van der Waals surface area (Å²) in [5, 5.41) is 0. The minimum atomic E-state index is -0.0122. The summed E-state index contributed by atoms with van der Waals surface area (Å²) < 4.78 is 13.0. The molecule has 4 nitrogen and oxygen atoms in total. The molecule has 2 rings (SSSR count). The lowest BCUT2D eigenvalue weighted by Crippen LogP contribution is -2.49. The van der Waals surface area contributed by atoms with Gasteiger partial charge in [0.2, 0.25) is 0 Å². The number of morpholine rings is 1. The van der Waals surface area contributed by atoms with Crippen LogP contribution in [0, 0.1) is 0 Å². The van der Waals surface area contributed by atoms with Crippen molar-refractivity contribution in [2.24, 2.45) is 0 Å². The van der Waals surface area contributed by atoms with Crippen LogP contribution in [0.15, 0.2) is 27.1 Å². The van der Waals surface area contributed by atoms with Crippen LogP contribution >= 0.6 is 31.9 Å². The van der Waals surface area contributed by atoms with Gasteiger partial charge >= 0.3 is 0 Å². The van der Waals surface area contributed by atoms with Crippen molar-refractivity contribution in [3.8, 4) is 5.75 Å². The zero-order valence-corrected chi connectivity index (χ0v) is 14.6. The Morgan fingerprint density at radius 2 is 2.00 bits per heavy atom. The van der Waals surface area contributed by atoms with Gasteiger partial charge in [-0.05, 0) is 48.0 Å². The predicted molar refractivity (Wildman–Crippen MR) is 83.9 cm³/mol. The maximum absolute atomic E-state index is 12.2. The van der Waals surface area contributed by atoms with Crippen LogP contribution < -0.4 is 4.74 Å². The Hall–Kier alpha value is -0.590. The van der Waals surface area contributed by atoms with Gasteiger partial charge in [0.1, 0.15) is 5.75 Å². The first-order valence-corrected chi connectivity index (χ1v) is 8.05. The van der Waals surface area contributed by atoms with E-state index in [9.17, 15) is 4.79 Å². The summed E-state index contributed by atoms with van der Waals surface area (Å²) in [7, 11) is 0. The molecule has 1 fully saturated rings. The molecule has 0 aromatic heterocycles. The van der Waals surface area contributed by atoms with Gasteiger partial charge in [0.25, 0.3) is 5.91 Å². The molecule has 0 unspecified atom stereocenters. The molecule has 20 heavy (non-hydrogen) atoms. The lowest BCUT2D eigenvalue weighted by atomic mass is 10.2. The van der Waals surface area contributed by atoms with Crippen molar-refractivity contribution < 1.29 is 14.3 Å². The van der Waals surface area contributed by atoms with E-state index in [-0.39, 0.29) is 24.7 Å². The van der Waals surface area contributed by atoms with Gasteiger partial charge in [-0.3, -0.25) is 4.79 Å². The van der Waals surface area contributed by atoms with Crippen molar-refractivity contribution in [1.82, 2.24) is 4.90 Å². The van der Waals surface area contributed by atoms with Crippen molar-refractivity contribution in [2.45, 2.75) is 26.1 Å². The zero-order chi connectivity index (χ0) is 14.7. The second-order valence-electron chi connectivity index (χ2n) is 4.92. The molecule has 1 aromatic rings. The molecule has 6 heteroatoms. The van der Waals surface area contributed by atoms with E-state index in [1.165, 1.54) is 0 Å². The van der Waals surface area contributed by atoms with Crippen LogP contribution in [0.2, 0.25) is 0 Å². The van der Waals surface area contributed by atoms with Crippen molar-refractivity contribution in [3.05, 3.63) is 27.1 Å². The number of nitrogens with zero attached hydrogens (tertiary/aromatic N) is 1. The number of rotatable bonds is 3. The molecule has 1 aliphatic rings. The van der Waals surface area contributed by atoms with Gasteiger partial charge in [0.15, 0.2) is 6.61 Å². The van der Waals surface area contributed by atoms with Crippen molar-refractivity contribution >= 4 is 37.8 Å². The second-order valence-corrected chi connectivity index (χ2v) is 6.69. The Morgan fingerprint density at radius 3 is 2.60 bits per heavy atom. The average Bonchev–Trinajstić information content (AvgIpc) is 2.36. The molecule has 0 saturated carbocycles. The van der Waals surface area contributed by atoms with Gasteiger partial charge in [-0.2, -0.15) is 0 Å². The zero-order valence-electron chi connectivity index (χ0n) is 11.4. The van der Waals surface area contributed by atoms with Gasteiger partial charge in [0.05, 0.1) is 16.7 Å². The molecule has 0 radical (unpaired) electrons. The van der Waals surface area contributed by atoms with Gasteiger partial charge in [-0.15, -0.1) is 0 Å². The molecule has 0 N–H and O–H groups in total. The summed E-state index contributed by atoms with van der Waals surface area (Å²) in [5.41, 5.74) is 0. The molecule has 2 atom stereocenters. The number of hydrogen-bond acceptors (Lipinski definition) is 3. The van der Waals surface area contributed by atoms with E-state index in [0.717, 1.165) is 8.95 Å². The number of halogens is 2. The van der Waals surface area contributed by atoms with Crippen LogP contribution in [-0.4, -0.2) is 42.7 Å². The maximum atomic E-state index is 12.2. The third-order valence-corrected chi connectivity index (χ3v) is 4.13. The Balaban J connectivity index is 1.91. The fraction of sp³-hybridized carbons (Fsp3) is 0.500. The fourth-order valence-corrected chi connectivity index (χ4v) is 3.37. The number of benzene rings is 1. The van der Waals surface area contributed by atoms with Gasteiger partial charge < -0.3 is 14.4 Å². The third kappa shape index (κ3) is 4.20. The highest BCUT2D eigenvalue weighted by Crippen LogP contribution is 2.28. The number of carbonyl (C=O) groups is 1. The van der Waals surface area contributed by atoms with Gasteiger partial charge in [-0.25, -0.2) is 0 Å². The van der Waals surface area contributed by atoms with Crippen LogP contribution in [-0.2, 0) is 9.53 Å². The summed E-state index contributed by atoms with van der Waals surface area (Å²) >= 11 is 6.79. The van der Waals surface area contributed by atoms with Gasteiger partial charge in [-0.1, -0.05) is 15.9 Å². The highest BCUT2D eigenvalue weighted by Gasteiger charge is 2.26. The largest absolute Gasteiger partial charge is 0.483 e. The molecule has 1 aromatic carbocycles. The summed E-state index contributed by atoms with van der Waals surface area (Å²) in [6.07, 6.45) is 0.143. The molecular weight excluding hydrogens is 390 g/mol. The molecule has 1 amide bonds. The first kappa shape index (κ1) is 15.8. The van der Waals surface area contributed by atoms with Crippen LogP contribution in [0.1, 0.15) is 13.8 Å². The van der Waals surface area contributed by atoms with Crippen LogP contribution in [0.3, 0.4) is 0 Å². The fourth-order valence-electron chi connectivity index (χ4n) is 2.20. The van der Waals surface area contributed by atoms with E-state index in [0.29, 0.717) is 18.8 Å². The molecule has 110 valence electrons. The SMILES string of the molecule is C[C@@H]1CN(C(=O)COc2ccc(Br)cc2Br)C[C@H](C)O1. The molecule has 0 spiro atoms. The second kappa shape index (κ2) is 6.91. The number of carbonyl (C=O) groups excluding carboxylic acids is 1. The van der Waals surface area contributed by atoms with E-state index in [1.54, 1.807) is 4.90 Å². The van der Waals surface area contributed by atoms with E-state index in [2.05, 4.69) is 31.9 Å². The Bertz CT molecular complexity index is 485. The molecule has 1 saturated heterocycles. The minimum Gasteiger partial charge on any atom is -0.483 e. The molecule has 0 bridgehead atoms. The van der Waals surface area contributed by atoms with Crippen molar-refractivity contribution in [1.29, 1.82) is 0 Å². The summed E-state index contributed by atoms with van der Waals surface area (Å²) in [6, 6.07) is 5.59. The normalized spacial score (nSPS) is 22.7. The Morgan fingerprint density at radius 1 is 1.35 bits per heavy atom. The van der Waals surface area contributed by atoms with E-state index in [4.69, 9.17) is 9.47 Å². The van der Waals surface area contributed by atoms with E-state index in [1.807, 2.05) is 32.0 Å². The summed E-state index contributed by atoms with van der Waals surface area (Å²) in [5.74, 6) is 0.651. The van der Waals surface area contributed by atoms with Crippen LogP contribution in [0.5, 0.6) is 5.75 Å². The quantitative estimate of drug-likeness (QED) is 0.773. The summed E-state index contributed by atoms with van der Waals surface area (Å²) in [6.45, 7) is 5.23. The third-order valence-electron chi connectivity index (χ3n) is 3.02. The lowest BCUT2D eigenvalue weighted by molar-refractivity contribution is -0.145. The maximum Gasteiger partial charge on any atom is 0.260 e. The standard InChI is InChI=1S/C14H17Br2NO3/c1-9-6-17(7-10(2)20-9)14(18)8-19-13-4-3-11(15)5-12(13)16/h3-5,9-10H,6-8H2,1-2H3/t9-,10+. The van der Waals surface area contributed by atoms with Crippen LogP contribution in [0.25, 0.3) is 0 Å². The van der Waals surface area contributed by atoms with Gasteiger partial charge in [0, 0.05) is 17.6 Å². The van der Waals surface area contributed by atoms with Crippen molar-refractivity contribution in [3.63, 3.8) is 0 Å². The monoisotopic (exact) mass is 405 g/mol. The molecule has 1 aliphatic heterocycles. The highest BCUT2D eigenvalue weighted by atomic mass is 79.9. The predicted octanol–water partition coefficient (Wildman–Crippen LogP) is 3.23. The van der Waals surface area contributed by atoms with E-state index < -0.39 is 0 Å². The molecule has 1 heterocycles. The van der Waals surface area contributed by atoms with E-state index >= 15 is 0 Å². The number of ether oxygens (including phenoxy) is 2. The lowest BCUT2D eigenvalue weighted by Gasteiger charge is -2.35. The minimum absolute atomic E-state index is 0.0122. The Kier molecular flexibility index (Phi) is 5.46.